The zero-order valence-corrected chi connectivity index (χ0v) is 67.7. The Balaban J connectivity index is -0.000000904. The van der Waals surface area contributed by atoms with Gasteiger partial charge >= 0.3 is 0 Å². The van der Waals surface area contributed by atoms with Crippen LogP contribution in [0.25, 0.3) is 0 Å². The van der Waals surface area contributed by atoms with Gasteiger partial charge in [0.05, 0.1) is 0 Å². The molecular weight excluding hydrogens is 1450 g/mol. The van der Waals surface area contributed by atoms with E-state index in [1.165, 1.54) is 90.1 Å². The Morgan fingerprint density at radius 2 is 0.444 bits per heavy atom. The fourth-order valence-corrected chi connectivity index (χ4v) is 7.50. The molecule has 0 aliphatic carbocycles. The van der Waals surface area contributed by atoms with Crippen molar-refractivity contribution in [3.63, 3.8) is 0 Å². The molecule has 9 rings (SSSR count). The van der Waals surface area contributed by atoms with Gasteiger partial charge in [0.1, 0.15) is 5.75 Å². The average Bonchev–Trinajstić information content (AvgIpc) is 3.39. The monoisotopic (exact) mass is 1520 g/mol. The number of benzene rings is 9. The van der Waals surface area contributed by atoms with Crippen molar-refractivity contribution in [1.82, 2.24) is 0 Å². The summed E-state index contributed by atoms with van der Waals surface area (Å²) in [5.41, 5.74) is 21.6. The number of rotatable bonds is 6. The number of hydrogen-bond acceptors (Lipinski definition) is 3. The number of aryl methyl sites for hydroxylation is 12. The standard InChI is InChI=1S/2C16H17.C15H15O.C9H11.2C8H9O.6Y/c2*1-12-4-8-15(9-5-12)14(3)16-10-6-13(2)7-11-16;1-11-3-5-13(6-4-11)12(2)14-7-9-15(16)10-8-14;1-7-4-5-8(2)9(3)6-7;2*1-6-3-4-8(9)7(2)5-6;;;;;;/h2*4-11H,1-3H3;3-10,16H,1-2H3;4-5H,1-3H3;2*3-4,9H,1-2H3;;;;;;/q6*-1;;;;;;. The van der Waals surface area contributed by atoms with Crippen molar-refractivity contribution in [2.24, 2.45) is 0 Å². The van der Waals surface area contributed by atoms with Crippen LogP contribution in [0.4, 0.5) is 0 Å². The van der Waals surface area contributed by atoms with Crippen LogP contribution in [0.5, 0.6) is 17.2 Å². The van der Waals surface area contributed by atoms with Crippen LogP contribution >= 0.6 is 0 Å². The molecular formula is C72H78O3Y6-6. The Labute approximate surface area is 640 Å². The molecule has 9 heteroatoms. The summed E-state index contributed by atoms with van der Waals surface area (Å²) < 4.78 is 0. The van der Waals surface area contributed by atoms with E-state index < -0.39 is 0 Å². The number of aromatic hydroxyl groups is 3. The van der Waals surface area contributed by atoms with Crippen LogP contribution in [0.3, 0.4) is 0 Å². The van der Waals surface area contributed by atoms with Gasteiger partial charge in [-0.1, -0.05) is 170 Å². The molecule has 0 saturated heterocycles. The summed E-state index contributed by atoms with van der Waals surface area (Å²) in [6.45, 7) is 30.8. The summed E-state index contributed by atoms with van der Waals surface area (Å²) in [5, 5.41) is 27.3. The van der Waals surface area contributed by atoms with E-state index in [1.54, 1.807) is 24.3 Å². The van der Waals surface area contributed by atoms with Gasteiger partial charge in [0, 0.05) is 208 Å². The van der Waals surface area contributed by atoms with Crippen LogP contribution in [0.2, 0.25) is 0 Å². The normalized spacial score (nSPS) is 9.22. The molecule has 0 atom stereocenters. The summed E-state index contributed by atoms with van der Waals surface area (Å²) in [6.07, 6.45) is 0. The molecule has 3 nitrogen and oxygen atoms in total. The van der Waals surface area contributed by atoms with Crippen molar-refractivity contribution >= 4 is 0 Å². The van der Waals surface area contributed by atoms with E-state index in [0.717, 1.165) is 27.8 Å². The minimum Gasteiger partial charge on any atom is -0.565 e. The molecule has 0 unspecified atom stereocenters. The third-order valence-corrected chi connectivity index (χ3v) is 12.8. The van der Waals surface area contributed by atoms with Gasteiger partial charge in [0.2, 0.25) is 0 Å². The minimum absolute atomic E-state index is 0. The van der Waals surface area contributed by atoms with Gasteiger partial charge in [-0.05, 0) is 34.6 Å². The van der Waals surface area contributed by atoms with Gasteiger partial charge in [-0.2, -0.15) is 70.3 Å². The zero-order chi connectivity index (χ0) is 55.2. The molecule has 0 heterocycles. The first kappa shape index (κ1) is 83.8. The average molecular weight is 1520 g/mol. The molecule has 0 amide bonds. The number of phenols is 3. The quantitative estimate of drug-likeness (QED) is 0.145. The van der Waals surface area contributed by atoms with E-state index in [4.69, 9.17) is 10.2 Å². The van der Waals surface area contributed by atoms with Crippen molar-refractivity contribution in [3.05, 3.63) is 318 Å². The van der Waals surface area contributed by atoms with E-state index in [2.05, 4.69) is 228 Å². The number of phenolic OH excluding ortho intramolecular Hbond substituents is 3. The van der Waals surface area contributed by atoms with Gasteiger partial charge in [-0.15, -0.1) is 147 Å². The van der Waals surface area contributed by atoms with Crippen molar-refractivity contribution in [2.75, 3.05) is 0 Å². The largest absolute Gasteiger partial charge is 0.565 e. The first-order chi connectivity index (χ1) is 35.6. The Kier molecular flexibility index (Phi) is 45.6. The van der Waals surface area contributed by atoms with Gasteiger partial charge < -0.3 is 15.3 Å². The summed E-state index contributed by atoms with van der Waals surface area (Å²) in [6, 6.07) is 71.0. The Hall–Kier alpha value is -1.39. The van der Waals surface area contributed by atoms with E-state index in [9.17, 15) is 5.11 Å². The molecule has 0 fully saturated rings. The van der Waals surface area contributed by atoms with Crippen LogP contribution in [0.1, 0.15) is 121 Å². The fourth-order valence-electron chi connectivity index (χ4n) is 7.50. The second-order valence-corrected chi connectivity index (χ2v) is 19.5. The smallest absolute Gasteiger partial charge is 0.100 e. The summed E-state index contributed by atoms with van der Waals surface area (Å²) >= 11 is 0. The Morgan fingerprint density at radius 3 is 0.630 bits per heavy atom. The van der Waals surface area contributed by atoms with Crippen molar-refractivity contribution in [2.45, 2.75) is 104 Å². The maximum absolute atomic E-state index is 9.24. The third kappa shape index (κ3) is 31.2. The molecule has 81 heavy (non-hydrogen) atoms. The zero-order valence-electron chi connectivity index (χ0n) is 50.6. The first-order valence-electron chi connectivity index (χ1n) is 25.6. The van der Waals surface area contributed by atoms with E-state index >= 15 is 0 Å². The molecule has 0 aliphatic rings. The molecule has 3 N–H and O–H groups in total. The molecule has 9 aromatic carbocycles. The van der Waals surface area contributed by atoms with Gasteiger partial charge in [-0.25, -0.2) is 0 Å². The molecule has 9 aromatic rings. The molecule has 0 aliphatic heterocycles. The number of hydrogen-bond donors (Lipinski definition) is 3. The minimum atomic E-state index is 0. The Morgan fingerprint density at radius 1 is 0.247 bits per heavy atom. The van der Waals surface area contributed by atoms with Crippen LogP contribution in [-0.4, -0.2) is 15.3 Å². The van der Waals surface area contributed by atoms with Crippen LogP contribution in [-0.2, 0) is 196 Å². The molecule has 0 bridgehead atoms. The van der Waals surface area contributed by atoms with Crippen LogP contribution in [0.15, 0.2) is 182 Å². The van der Waals surface area contributed by atoms with Crippen LogP contribution < -0.4 is 0 Å². The summed E-state index contributed by atoms with van der Waals surface area (Å²) in [7, 11) is 0. The first-order valence-corrected chi connectivity index (χ1v) is 25.6. The Bertz CT molecular complexity index is 2630. The molecule has 0 spiro atoms. The summed E-state index contributed by atoms with van der Waals surface area (Å²) in [4.78, 5) is 0. The van der Waals surface area contributed by atoms with Crippen molar-refractivity contribution in [1.29, 1.82) is 0 Å². The van der Waals surface area contributed by atoms with Gasteiger partial charge in [0.25, 0.3) is 0 Å². The van der Waals surface area contributed by atoms with Crippen molar-refractivity contribution in [3.8, 4) is 17.2 Å². The van der Waals surface area contributed by atoms with Gasteiger partial charge in [-0.3, -0.25) is 0 Å². The maximum atomic E-state index is 9.24. The topological polar surface area (TPSA) is 60.7 Å². The van der Waals surface area contributed by atoms with E-state index in [-0.39, 0.29) is 196 Å². The second kappa shape index (κ2) is 44.1. The second-order valence-electron chi connectivity index (χ2n) is 19.5. The third-order valence-electron chi connectivity index (χ3n) is 12.8. The SMILES string of the molecule is Cc1[c-]c(C)c(C)cc1.Cc1[c-]c(C)c(O)cc1.Cc1[c-]c(C)c(O)cc1.Cc1ccc([C-](C)c2ccc(C)cc2)cc1.Cc1ccc([C-](C)c2ccc(C)cc2)cc1.Cc1ccc([C-](C)c2ccc(O)cc2)cc1.[Y].[Y].[Y].[Y].[Y].[Y]. The van der Waals surface area contributed by atoms with Crippen LogP contribution in [0, 0.1) is 119 Å². The predicted molar refractivity (Wildman–Crippen MR) is 318 cm³/mol. The van der Waals surface area contributed by atoms with Gasteiger partial charge in [0.15, 0.2) is 0 Å². The van der Waals surface area contributed by atoms with Crippen molar-refractivity contribution < 1.29 is 212 Å². The molecule has 408 valence electrons. The van der Waals surface area contributed by atoms with E-state index in [1.807, 2.05) is 52.0 Å². The summed E-state index contributed by atoms with van der Waals surface area (Å²) in [5.74, 6) is 4.83. The fraction of sp³-hybridized carbons (Fsp3) is 0.208. The maximum Gasteiger partial charge on any atom is 0.100 e. The molecule has 0 aromatic heterocycles. The molecule has 6 radical (unpaired) electrons. The predicted octanol–water partition coefficient (Wildman–Crippen LogP) is 18.3. The molecule has 0 saturated carbocycles. The van der Waals surface area contributed by atoms with E-state index in [0.29, 0.717) is 17.2 Å².